The number of alkyl halides is 3. The number of carbonyl (C=O) groups is 4. The molecule has 5 rings (SSSR count). The van der Waals surface area contributed by atoms with Gasteiger partial charge in [0.05, 0.1) is 17.0 Å². The lowest BCUT2D eigenvalue weighted by molar-refractivity contribution is -0.192. The normalized spacial score (nSPS) is 21.7. The summed E-state index contributed by atoms with van der Waals surface area (Å²) in [6.07, 6.45) is -1.13. The number of carbonyl (C=O) groups excluding carboxylic acids is 3. The lowest BCUT2D eigenvalue weighted by atomic mass is 10.0. The average molecular weight is 604 g/mol. The zero-order valence-electron chi connectivity index (χ0n) is 24.2. The van der Waals surface area contributed by atoms with Gasteiger partial charge < -0.3 is 19.8 Å². The molecule has 3 unspecified atom stereocenters. The quantitative estimate of drug-likeness (QED) is 0.510. The smallest absolute Gasteiger partial charge is 0.475 e. The number of aromatic nitrogens is 2. The largest absolute Gasteiger partial charge is 0.490 e. The number of carboxylic acid groups (broad SMARTS) is 1. The number of ketones is 1. The summed E-state index contributed by atoms with van der Waals surface area (Å²) in [6.45, 7) is 8.82. The number of nitrogens with zero attached hydrogens (tertiary/aromatic N) is 5. The van der Waals surface area contributed by atoms with Gasteiger partial charge in [-0.3, -0.25) is 14.4 Å². The van der Waals surface area contributed by atoms with Crippen molar-refractivity contribution in [2.75, 3.05) is 44.2 Å². The van der Waals surface area contributed by atoms with Crippen LogP contribution >= 0.6 is 0 Å². The average Bonchev–Trinajstić information content (AvgIpc) is 3.66. The predicted octanol–water partition coefficient (Wildman–Crippen LogP) is 3.52. The van der Waals surface area contributed by atoms with Crippen molar-refractivity contribution >= 4 is 29.3 Å². The minimum atomic E-state index is -5.08. The maximum Gasteiger partial charge on any atom is 0.490 e. The van der Waals surface area contributed by atoms with Gasteiger partial charge in [0.15, 0.2) is 0 Å². The van der Waals surface area contributed by atoms with Crippen LogP contribution in [0.2, 0.25) is 0 Å². The van der Waals surface area contributed by atoms with E-state index in [1.165, 1.54) is 6.33 Å². The van der Waals surface area contributed by atoms with Crippen molar-refractivity contribution in [2.45, 2.75) is 45.7 Å². The zero-order valence-corrected chi connectivity index (χ0v) is 24.2. The summed E-state index contributed by atoms with van der Waals surface area (Å²) in [5.41, 5.74) is 3.03. The zero-order chi connectivity index (χ0) is 31.3. The van der Waals surface area contributed by atoms with Gasteiger partial charge in [0, 0.05) is 57.2 Å². The third-order valence-corrected chi connectivity index (χ3v) is 8.32. The summed E-state index contributed by atoms with van der Waals surface area (Å²) in [5.74, 6) is -1.65. The van der Waals surface area contributed by atoms with Crippen molar-refractivity contribution in [2.24, 2.45) is 17.8 Å². The molecule has 3 fully saturated rings. The van der Waals surface area contributed by atoms with Crippen LogP contribution in [0.15, 0.2) is 36.7 Å². The molecule has 3 heterocycles. The molecule has 0 spiro atoms. The van der Waals surface area contributed by atoms with Crippen molar-refractivity contribution in [3.63, 3.8) is 0 Å². The van der Waals surface area contributed by atoms with Crippen molar-refractivity contribution in [1.29, 1.82) is 0 Å². The Balaban J connectivity index is 0.000000541. The third-order valence-electron chi connectivity index (χ3n) is 8.32. The Morgan fingerprint density at radius 2 is 1.58 bits per heavy atom. The van der Waals surface area contributed by atoms with Gasteiger partial charge in [0.2, 0.25) is 5.91 Å². The molecule has 0 radical (unpaired) electrons. The fraction of sp³-hybridized carbons (Fsp3) is 0.533. The number of rotatable bonds is 7. The summed E-state index contributed by atoms with van der Waals surface area (Å²) < 4.78 is 31.7. The Morgan fingerprint density at radius 1 is 1.00 bits per heavy atom. The van der Waals surface area contributed by atoms with Crippen LogP contribution in [-0.4, -0.2) is 93.9 Å². The van der Waals surface area contributed by atoms with E-state index in [-0.39, 0.29) is 23.5 Å². The van der Waals surface area contributed by atoms with Gasteiger partial charge in [0.1, 0.15) is 12.1 Å². The number of carboxylic acids is 1. The number of anilines is 1. The van der Waals surface area contributed by atoms with Crippen LogP contribution in [-0.2, 0) is 14.4 Å². The lowest BCUT2D eigenvalue weighted by Crippen LogP contribution is -2.38. The number of benzene rings is 1. The van der Waals surface area contributed by atoms with Crippen LogP contribution < -0.4 is 4.90 Å². The summed E-state index contributed by atoms with van der Waals surface area (Å²) in [5, 5.41) is 7.12. The fourth-order valence-corrected chi connectivity index (χ4v) is 6.17. The van der Waals surface area contributed by atoms with Gasteiger partial charge in [-0.05, 0) is 57.2 Å². The molecule has 1 aliphatic carbocycles. The number of fused-ring (bicyclic) bond motifs is 1. The van der Waals surface area contributed by atoms with Gasteiger partial charge in [0.25, 0.3) is 5.91 Å². The van der Waals surface area contributed by atoms with E-state index in [9.17, 15) is 27.6 Å². The number of hydrogen-bond donors (Lipinski definition) is 1. The maximum atomic E-state index is 13.3. The first-order valence-corrected chi connectivity index (χ1v) is 14.3. The first-order valence-electron chi connectivity index (χ1n) is 14.3. The van der Waals surface area contributed by atoms with Gasteiger partial charge in [-0.15, -0.1) is 0 Å². The first-order chi connectivity index (χ1) is 20.3. The summed E-state index contributed by atoms with van der Waals surface area (Å²) in [4.78, 5) is 61.8. The van der Waals surface area contributed by atoms with E-state index in [0.717, 1.165) is 56.2 Å². The monoisotopic (exact) mass is 603 g/mol. The molecule has 2 aliphatic heterocycles. The molecule has 3 atom stereocenters. The van der Waals surface area contributed by atoms with Crippen molar-refractivity contribution in [3.8, 4) is 0 Å². The molecule has 1 aromatic carbocycles. The van der Waals surface area contributed by atoms with E-state index < -0.39 is 12.1 Å². The molecular formula is C30H36F3N5O5. The minimum absolute atomic E-state index is 0.0500. The molecule has 232 valence electrons. The maximum absolute atomic E-state index is 13.3. The molecule has 2 amide bonds. The Hall–Kier alpha value is -3.87. The fourth-order valence-electron chi connectivity index (χ4n) is 6.17. The molecule has 10 nitrogen and oxygen atoms in total. The number of likely N-dealkylation sites (tertiary alicyclic amines) is 2. The number of para-hydroxylation sites is 1. The second kappa shape index (κ2) is 13.6. The highest BCUT2D eigenvalue weighted by atomic mass is 19.4. The van der Waals surface area contributed by atoms with Crippen LogP contribution in [0.1, 0.15) is 47.4 Å². The third kappa shape index (κ3) is 7.95. The Bertz CT molecular complexity index is 1300. The van der Waals surface area contributed by atoms with Gasteiger partial charge in [-0.2, -0.15) is 13.2 Å². The van der Waals surface area contributed by atoms with E-state index >= 15 is 0 Å². The summed E-state index contributed by atoms with van der Waals surface area (Å²) in [6, 6.07) is 9.81. The van der Waals surface area contributed by atoms with Crippen LogP contribution in [0.3, 0.4) is 0 Å². The summed E-state index contributed by atoms with van der Waals surface area (Å²) >= 11 is 0. The lowest BCUT2D eigenvalue weighted by Gasteiger charge is -2.27. The number of aliphatic carboxylic acids is 1. The molecule has 43 heavy (non-hydrogen) atoms. The van der Waals surface area contributed by atoms with Crippen molar-refractivity contribution in [1.82, 2.24) is 19.8 Å². The van der Waals surface area contributed by atoms with E-state index in [0.29, 0.717) is 43.2 Å². The van der Waals surface area contributed by atoms with Crippen LogP contribution in [0.25, 0.3) is 0 Å². The topological polar surface area (TPSA) is 124 Å². The van der Waals surface area contributed by atoms with Crippen LogP contribution in [0.4, 0.5) is 18.9 Å². The molecule has 2 aromatic rings. The predicted molar refractivity (Wildman–Crippen MR) is 150 cm³/mol. The summed E-state index contributed by atoms with van der Waals surface area (Å²) in [7, 11) is 0. The van der Waals surface area contributed by atoms with Crippen LogP contribution in [0, 0.1) is 31.6 Å². The molecule has 1 N–H and O–H groups in total. The van der Waals surface area contributed by atoms with Gasteiger partial charge in [-0.1, -0.05) is 18.2 Å². The number of amides is 2. The van der Waals surface area contributed by atoms with Crippen molar-refractivity contribution < 1.29 is 37.5 Å². The van der Waals surface area contributed by atoms with E-state index in [2.05, 4.69) is 14.9 Å². The van der Waals surface area contributed by atoms with E-state index in [1.807, 2.05) is 54.0 Å². The van der Waals surface area contributed by atoms with E-state index in [1.54, 1.807) is 0 Å². The highest BCUT2D eigenvalue weighted by Gasteiger charge is 2.42. The Labute approximate surface area is 247 Å². The number of Topliss-reactive ketones (excluding diaryl/α,β-unsaturated/α-hetero) is 1. The Kier molecular flexibility index (Phi) is 10.2. The Morgan fingerprint density at radius 3 is 2.09 bits per heavy atom. The van der Waals surface area contributed by atoms with E-state index in [4.69, 9.17) is 9.90 Å². The van der Waals surface area contributed by atoms with Gasteiger partial charge >= 0.3 is 12.1 Å². The number of aryl methyl sites for hydroxylation is 2. The van der Waals surface area contributed by atoms with Gasteiger partial charge in [-0.25, -0.2) is 14.8 Å². The standard InChI is InChI=1S/C28H35N5O3.C2HF3O2/c1-19-26(20(2)30-18-29-19)28(36)32-16-22-14-31(15-23(22)17-32)11-6-12-33(24-7-4-3-5-8-24)27(35)21-9-10-25(34)13-21;3-2(4,5)1(6)7/h3-5,7-8,18,21-23H,6,9-17H2,1-2H3;(H,6,7). The molecule has 13 heteroatoms. The molecule has 1 saturated carbocycles. The second-order valence-corrected chi connectivity index (χ2v) is 11.4. The molecular weight excluding hydrogens is 567 g/mol. The second-order valence-electron chi connectivity index (χ2n) is 11.4. The minimum Gasteiger partial charge on any atom is -0.475 e. The first kappa shape index (κ1) is 32.1. The molecule has 3 aliphatic rings. The van der Waals surface area contributed by atoms with Crippen molar-refractivity contribution in [3.05, 3.63) is 53.6 Å². The SMILES string of the molecule is Cc1ncnc(C)c1C(=O)N1CC2CN(CCCN(C(=O)C3CCC(=O)C3)c3ccccc3)CC2C1.O=C(O)C(F)(F)F. The highest BCUT2D eigenvalue weighted by molar-refractivity contribution is 5.99. The number of halogens is 3. The number of hydrogen-bond acceptors (Lipinski definition) is 7. The van der Waals surface area contributed by atoms with Crippen LogP contribution in [0.5, 0.6) is 0 Å². The molecule has 0 bridgehead atoms. The highest BCUT2D eigenvalue weighted by Crippen LogP contribution is 2.33. The molecule has 2 saturated heterocycles. The molecule has 1 aromatic heterocycles.